The quantitative estimate of drug-likeness (QED) is 0.358. The van der Waals surface area contributed by atoms with Crippen LogP contribution in [-0.2, 0) is 4.79 Å². The lowest BCUT2D eigenvalue weighted by Gasteiger charge is -1.97. The van der Waals surface area contributed by atoms with Crippen LogP contribution in [0, 0.1) is 0 Å². The predicted octanol–water partition coefficient (Wildman–Crippen LogP) is 3.17. The Kier molecular flexibility index (Phi) is 5.34. The Morgan fingerprint density at radius 2 is 2.41 bits per heavy atom. The predicted molar refractivity (Wildman–Crippen MR) is 67.6 cm³/mol. The van der Waals surface area contributed by atoms with Gasteiger partial charge in [0, 0.05) is 24.1 Å². The van der Waals surface area contributed by atoms with Gasteiger partial charge in [0.1, 0.15) is 0 Å². The molecule has 0 atom stereocenters. The second-order valence-corrected chi connectivity index (χ2v) is 3.46. The zero-order chi connectivity index (χ0) is 12.5. The summed E-state index contributed by atoms with van der Waals surface area (Å²) in [4.78, 5) is 13.3. The second kappa shape index (κ2) is 7.09. The van der Waals surface area contributed by atoms with Gasteiger partial charge in [0.2, 0.25) is 5.91 Å². The third kappa shape index (κ3) is 5.39. The summed E-state index contributed by atoms with van der Waals surface area (Å²) in [6.07, 6.45) is 4.66. The Balaban J connectivity index is 2.50. The molecule has 0 aliphatic rings. The van der Waals surface area contributed by atoms with E-state index in [1.165, 1.54) is 6.92 Å². The minimum Gasteiger partial charge on any atom is -0.356 e. The Morgan fingerprint density at radius 3 is 3.12 bits per heavy atom. The van der Waals surface area contributed by atoms with Crippen molar-refractivity contribution in [2.24, 2.45) is 5.11 Å². The van der Waals surface area contributed by atoms with Crippen LogP contribution in [0.4, 0.5) is 5.69 Å². The highest BCUT2D eigenvalue weighted by atomic mass is 16.1. The molecule has 0 radical (unpaired) electrons. The van der Waals surface area contributed by atoms with Gasteiger partial charge in [-0.1, -0.05) is 35.5 Å². The molecule has 0 aromatic heterocycles. The summed E-state index contributed by atoms with van der Waals surface area (Å²) in [5.74, 6) is -0.0243. The van der Waals surface area contributed by atoms with Gasteiger partial charge in [-0.15, -0.1) is 0 Å². The number of nitrogens with one attached hydrogen (secondary N) is 1. The van der Waals surface area contributed by atoms with Gasteiger partial charge >= 0.3 is 0 Å². The number of carbonyl (C=O) groups excluding carboxylic acids is 1. The SMILES string of the molecule is CC(=O)NCCC=Cc1cccc(N=[N+]=[N-])c1. The largest absolute Gasteiger partial charge is 0.356 e. The number of carbonyl (C=O) groups is 1. The maximum Gasteiger partial charge on any atom is 0.216 e. The lowest BCUT2D eigenvalue weighted by Crippen LogP contribution is -2.20. The van der Waals surface area contributed by atoms with E-state index in [1.54, 1.807) is 12.1 Å². The third-order valence-corrected chi connectivity index (χ3v) is 2.03. The van der Waals surface area contributed by atoms with Crippen LogP contribution in [0.15, 0.2) is 35.5 Å². The first-order valence-electron chi connectivity index (χ1n) is 5.28. The van der Waals surface area contributed by atoms with E-state index in [4.69, 9.17) is 5.53 Å². The molecule has 17 heavy (non-hydrogen) atoms. The van der Waals surface area contributed by atoms with Gasteiger partial charge in [-0.05, 0) is 23.6 Å². The molecule has 0 aliphatic carbocycles. The minimum atomic E-state index is -0.0243. The molecule has 1 aromatic rings. The number of hydrogen-bond acceptors (Lipinski definition) is 2. The van der Waals surface area contributed by atoms with Crippen molar-refractivity contribution >= 4 is 17.7 Å². The van der Waals surface area contributed by atoms with Crippen molar-refractivity contribution in [3.63, 3.8) is 0 Å². The van der Waals surface area contributed by atoms with Crippen LogP contribution in [0.3, 0.4) is 0 Å². The monoisotopic (exact) mass is 230 g/mol. The Bertz CT molecular complexity index is 461. The fourth-order valence-electron chi connectivity index (χ4n) is 1.29. The minimum absolute atomic E-state index is 0.0243. The lowest BCUT2D eigenvalue weighted by molar-refractivity contribution is -0.118. The number of nitrogens with zero attached hydrogens (tertiary/aromatic N) is 3. The summed E-state index contributed by atoms with van der Waals surface area (Å²) in [7, 11) is 0. The molecule has 0 unspecified atom stereocenters. The number of rotatable bonds is 5. The van der Waals surface area contributed by atoms with E-state index in [0.29, 0.717) is 12.2 Å². The molecule has 0 spiro atoms. The van der Waals surface area contributed by atoms with Crippen LogP contribution in [-0.4, -0.2) is 12.5 Å². The third-order valence-electron chi connectivity index (χ3n) is 2.03. The molecule has 0 aliphatic heterocycles. The Labute approximate surface area is 99.8 Å². The molecule has 0 fully saturated rings. The first kappa shape index (κ1) is 12.8. The van der Waals surface area contributed by atoms with E-state index < -0.39 is 0 Å². The molecule has 1 aromatic carbocycles. The molecule has 5 heteroatoms. The summed E-state index contributed by atoms with van der Waals surface area (Å²) in [6, 6.07) is 7.30. The highest BCUT2D eigenvalue weighted by Crippen LogP contribution is 2.15. The maximum atomic E-state index is 10.6. The van der Waals surface area contributed by atoms with Crippen molar-refractivity contribution in [3.05, 3.63) is 46.3 Å². The molecular weight excluding hydrogens is 216 g/mol. The summed E-state index contributed by atoms with van der Waals surface area (Å²) in [5, 5.41) is 6.23. The van der Waals surface area contributed by atoms with Crippen molar-refractivity contribution < 1.29 is 4.79 Å². The molecule has 1 N–H and O–H groups in total. The number of hydrogen-bond donors (Lipinski definition) is 1. The molecule has 0 heterocycles. The van der Waals surface area contributed by atoms with Crippen molar-refractivity contribution in [1.82, 2.24) is 5.32 Å². The van der Waals surface area contributed by atoms with Gasteiger partial charge in [0.05, 0.1) is 0 Å². The van der Waals surface area contributed by atoms with Gasteiger partial charge in [-0.25, -0.2) is 0 Å². The molecule has 0 saturated carbocycles. The zero-order valence-corrected chi connectivity index (χ0v) is 9.63. The van der Waals surface area contributed by atoms with Gasteiger partial charge in [-0.3, -0.25) is 4.79 Å². The van der Waals surface area contributed by atoms with E-state index in [9.17, 15) is 4.79 Å². The van der Waals surface area contributed by atoms with Crippen molar-refractivity contribution in [3.8, 4) is 0 Å². The fraction of sp³-hybridized carbons (Fsp3) is 0.250. The van der Waals surface area contributed by atoms with E-state index >= 15 is 0 Å². The van der Waals surface area contributed by atoms with E-state index in [-0.39, 0.29) is 5.91 Å². The van der Waals surface area contributed by atoms with Crippen LogP contribution in [0.25, 0.3) is 16.5 Å². The topological polar surface area (TPSA) is 77.9 Å². The average molecular weight is 230 g/mol. The summed E-state index contributed by atoms with van der Waals surface area (Å²) >= 11 is 0. The second-order valence-electron chi connectivity index (χ2n) is 3.46. The lowest BCUT2D eigenvalue weighted by atomic mass is 10.2. The van der Waals surface area contributed by atoms with Crippen LogP contribution < -0.4 is 5.32 Å². The first-order valence-corrected chi connectivity index (χ1v) is 5.28. The summed E-state index contributed by atoms with van der Waals surface area (Å²) in [5.41, 5.74) is 9.87. The highest BCUT2D eigenvalue weighted by Gasteiger charge is 1.90. The maximum absolute atomic E-state index is 10.6. The van der Waals surface area contributed by atoms with E-state index in [2.05, 4.69) is 15.3 Å². The van der Waals surface area contributed by atoms with Crippen LogP contribution >= 0.6 is 0 Å². The van der Waals surface area contributed by atoms with Crippen LogP contribution in [0.5, 0.6) is 0 Å². The molecule has 1 rings (SSSR count). The van der Waals surface area contributed by atoms with Crippen molar-refractivity contribution in [2.45, 2.75) is 13.3 Å². The van der Waals surface area contributed by atoms with Gasteiger partial charge < -0.3 is 5.32 Å². The Hall–Kier alpha value is -2.26. The normalized spacial score (nSPS) is 9.94. The van der Waals surface area contributed by atoms with Crippen molar-refractivity contribution in [1.29, 1.82) is 0 Å². The van der Waals surface area contributed by atoms with Gasteiger partial charge in [-0.2, -0.15) is 0 Å². The van der Waals surface area contributed by atoms with Crippen LogP contribution in [0.1, 0.15) is 18.9 Å². The average Bonchev–Trinajstić information content (AvgIpc) is 2.29. The smallest absolute Gasteiger partial charge is 0.216 e. The molecule has 0 bridgehead atoms. The molecular formula is C12H14N4O. The van der Waals surface area contributed by atoms with E-state index in [1.807, 2.05) is 24.3 Å². The number of amides is 1. The Morgan fingerprint density at radius 1 is 1.59 bits per heavy atom. The van der Waals surface area contributed by atoms with Crippen LogP contribution in [0.2, 0.25) is 0 Å². The number of azide groups is 1. The summed E-state index contributed by atoms with van der Waals surface area (Å²) < 4.78 is 0. The van der Waals surface area contributed by atoms with Gasteiger partial charge in [0.15, 0.2) is 0 Å². The molecule has 1 amide bonds. The zero-order valence-electron chi connectivity index (χ0n) is 9.63. The highest BCUT2D eigenvalue weighted by molar-refractivity contribution is 5.72. The van der Waals surface area contributed by atoms with E-state index in [0.717, 1.165) is 12.0 Å². The van der Waals surface area contributed by atoms with Crippen molar-refractivity contribution in [2.75, 3.05) is 6.54 Å². The number of benzene rings is 1. The first-order chi connectivity index (χ1) is 8.22. The molecule has 88 valence electrons. The standard InChI is InChI=1S/C12H14N4O/c1-10(17)14-8-3-2-5-11-6-4-7-12(9-11)15-16-13/h2,4-7,9H,3,8H2,1H3,(H,14,17). The fourth-order valence-corrected chi connectivity index (χ4v) is 1.29. The van der Waals surface area contributed by atoms with Gasteiger partial charge in [0.25, 0.3) is 0 Å². The molecule has 5 nitrogen and oxygen atoms in total. The molecule has 0 saturated heterocycles. The summed E-state index contributed by atoms with van der Waals surface area (Å²) in [6.45, 7) is 2.12.